The fourth-order valence-electron chi connectivity index (χ4n) is 1.35. The number of halogens is 3. The van der Waals surface area contributed by atoms with Crippen LogP contribution < -0.4 is 0 Å². The molecule has 0 fully saturated rings. The molecule has 0 saturated heterocycles. The number of nitrogens with zero attached hydrogens (tertiary/aromatic N) is 1. The van der Waals surface area contributed by atoms with Crippen molar-refractivity contribution in [3.8, 4) is 0 Å². The minimum Gasteiger partial charge on any atom is -0.252 e. The van der Waals surface area contributed by atoms with Gasteiger partial charge >= 0.3 is 10.2 Å². The zero-order chi connectivity index (χ0) is 11.9. The topological polar surface area (TPSA) is 47.0 Å². The highest BCUT2D eigenvalue weighted by molar-refractivity contribution is 14.1. The van der Waals surface area contributed by atoms with Gasteiger partial charge in [-0.1, -0.05) is 0 Å². The first-order valence-corrected chi connectivity index (χ1v) is 6.54. The Bertz CT molecular complexity index is 673. The third-order valence-corrected chi connectivity index (χ3v) is 3.46. The van der Waals surface area contributed by atoms with E-state index in [2.05, 4.69) is 4.98 Å². The number of aromatic nitrogens is 1. The van der Waals surface area contributed by atoms with Crippen LogP contribution in [-0.4, -0.2) is 13.4 Å². The summed E-state index contributed by atoms with van der Waals surface area (Å²) in [4.78, 5) is 3.18. The first-order valence-electron chi connectivity index (χ1n) is 4.08. The molecule has 2 rings (SSSR count). The van der Waals surface area contributed by atoms with Crippen molar-refractivity contribution in [2.45, 2.75) is 4.90 Å². The lowest BCUT2D eigenvalue weighted by molar-refractivity contribution is 0.553. The SMILES string of the molecule is O=S(=O)(F)c1ccc(F)c2ncc(I)cc12. The van der Waals surface area contributed by atoms with E-state index in [-0.39, 0.29) is 10.9 Å². The van der Waals surface area contributed by atoms with Crippen LogP contribution in [0.3, 0.4) is 0 Å². The summed E-state index contributed by atoms with van der Waals surface area (Å²) in [6.45, 7) is 0. The van der Waals surface area contributed by atoms with Crippen molar-refractivity contribution in [1.29, 1.82) is 0 Å². The molecule has 0 spiro atoms. The minimum atomic E-state index is -4.87. The summed E-state index contributed by atoms with van der Waals surface area (Å²) in [5.74, 6) is -0.682. The van der Waals surface area contributed by atoms with Gasteiger partial charge in [-0.15, -0.1) is 3.89 Å². The largest absolute Gasteiger partial charge is 0.332 e. The molecule has 0 aliphatic carbocycles. The Hall–Kier alpha value is -0.830. The van der Waals surface area contributed by atoms with E-state index in [9.17, 15) is 16.7 Å². The average Bonchev–Trinajstić information content (AvgIpc) is 2.15. The molecule has 3 nitrogen and oxygen atoms in total. The van der Waals surface area contributed by atoms with Crippen molar-refractivity contribution < 1.29 is 16.7 Å². The smallest absolute Gasteiger partial charge is 0.252 e. The highest BCUT2D eigenvalue weighted by Gasteiger charge is 2.18. The van der Waals surface area contributed by atoms with Gasteiger partial charge in [-0.25, -0.2) is 4.39 Å². The van der Waals surface area contributed by atoms with Crippen molar-refractivity contribution in [3.63, 3.8) is 0 Å². The Morgan fingerprint density at radius 2 is 2.00 bits per heavy atom. The summed E-state index contributed by atoms with van der Waals surface area (Å²) in [6, 6.07) is 3.15. The maximum Gasteiger partial charge on any atom is 0.332 e. The fraction of sp³-hybridized carbons (Fsp3) is 0. The molecule has 84 valence electrons. The van der Waals surface area contributed by atoms with Crippen LogP contribution in [-0.2, 0) is 10.2 Å². The van der Waals surface area contributed by atoms with Gasteiger partial charge in [0.2, 0.25) is 0 Å². The number of fused-ring (bicyclic) bond motifs is 1. The molecule has 0 saturated carbocycles. The lowest BCUT2D eigenvalue weighted by atomic mass is 10.2. The summed E-state index contributed by atoms with van der Waals surface area (Å²) < 4.78 is 48.5. The number of rotatable bonds is 1. The molecule has 0 unspecified atom stereocenters. The maximum atomic E-state index is 13.3. The van der Waals surface area contributed by atoms with E-state index in [1.54, 1.807) is 0 Å². The molecule has 1 heterocycles. The Morgan fingerprint density at radius 1 is 1.31 bits per heavy atom. The van der Waals surface area contributed by atoms with E-state index in [1.165, 1.54) is 12.3 Å². The molecule has 2 aromatic rings. The van der Waals surface area contributed by atoms with Crippen LogP contribution in [0.1, 0.15) is 0 Å². The molecule has 7 heteroatoms. The number of hydrogen-bond acceptors (Lipinski definition) is 3. The van der Waals surface area contributed by atoms with Crippen LogP contribution in [0, 0.1) is 9.39 Å². The van der Waals surface area contributed by atoms with E-state index >= 15 is 0 Å². The molecule has 0 bridgehead atoms. The van der Waals surface area contributed by atoms with Crippen molar-refractivity contribution in [1.82, 2.24) is 4.98 Å². The van der Waals surface area contributed by atoms with Crippen LogP contribution >= 0.6 is 22.6 Å². The summed E-state index contributed by atoms with van der Waals surface area (Å²) in [5, 5.41) is -0.0469. The molecule has 16 heavy (non-hydrogen) atoms. The van der Waals surface area contributed by atoms with E-state index < -0.39 is 20.9 Å². The Labute approximate surface area is 104 Å². The van der Waals surface area contributed by atoms with Crippen LogP contribution in [0.2, 0.25) is 0 Å². The highest BCUT2D eigenvalue weighted by atomic mass is 127. The van der Waals surface area contributed by atoms with E-state index in [1.807, 2.05) is 22.6 Å². The number of hydrogen-bond donors (Lipinski definition) is 0. The zero-order valence-corrected chi connectivity index (χ0v) is 10.6. The van der Waals surface area contributed by atoms with Gasteiger partial charge in [0.15, 0.2) is 0 Å². The monoisotopic (exact) mass is 355 g/mol. The zero-order valence-electron chi connectivity index (χ0n) is 7.62. The van der Waals surface area contributed by atoms with Gasteiger partial charge < -0.3 is 0 Å². The molecule has 0 N–H and O–H groups in total. The predicted molar refractivity (Wildman–Crippen MR) is 62.7 cm³/mol. The average molecular weight is 355 g/mol. The summed E-state index contributed by atoms with van der Waals surface area (Å²) in [7, 11) is -4.87. The van der Waals surface area contributed by atoms with Gasteiger partial charge in [-0.05, 0) is 40.8 Å². The molecule has 1 aromatic heterocycles. The molecule has 1 aromatic carbocycles. The Morgan fingerprint density at radius 3 is 2.62 bits per heavy atom. The lowest BCUT2D eigenvalue weighted by Crippen LogP contribution is -1.96. The van der Waals surface area contributed by atoms with E-state index in [4.69, 9.17) is 0 Å². The van der Waals surface area contributed by atoms with Gasteiger partial charge in [0, 0.05) is 15.2 Å². The second-order valence-corrected chi connectivity index (χ2v) is 5.59. The second-order valence-electron chi connectivity index (χ2n) is 3.03. The first-order chi connectivity index (χ1) is 7.39. The summed E-state index contributed by atoms with van der Waals surface area (Å²) in [5.41, 5.74) is -0.154. The van der Waals surface area contributed by atoms with Gasteiger partial charge in [0.1, 0.15) is 16.2 Å². The minimum absolute atomic E-state index is 0.0469. The van der Waals surface area contributed by atoms with E-state index in [0.29, 0.717) is 3.57 Å². The summed E-state index contributed by atoms with van der Waals surface area (Å²) in [6.07, 6.45) is 1.38. The van der Waals surface area contributed by atoms with E-state index in [0.717, 1.165) is 12.1 Å². The third kappa shape index (κ3) is 2.01. The van der Waals surface area contributed by atoms with Gasteiger partial charge in [0.25, 0.3) is 0 Å². The van der Waals surface area contributed by atoms with Crippen molar-refractivity contribution >= 4 is 43.7 Å². The summed E-state index contributed by atoms with van der Waals surface area (Å²) >= 11 is 1.88. The number of benzene rings is 1. The quantitative estimate of drug-likeness (QED) is 0.584. The maximum absolute atomic E-state index is 13.3. The molecule has 0 atom stereocenters. The van der Waals surface area contributed by atoms with Crippen molar-refractivity contribution in [2.75, 3.05) is 0 Å². The van der Waals surface area contributed by atoms with Gasteiger partial charge in [0.05, 0.1) is 0 Å². The highest BCUT2D eigenvalue weighted by Crippen LogP contribution is 2.26. The fourth-order valence-corrected chi connectivity index (χ4v) is 2.45. The van der Waals surface area contributed by atoms with Crippen LogP contribution in [0.15, 0.2) is 29.3 Å². The third-order valence-electron chi connectivity index (χ3n) is 1.99. The Balaban J connectivity index is 2.98. The van der Waals surface area contributed by atoms with Crippen LogP contribution in [0.25, 0.3) is 10.9 Å². The van der Waals surface area contributed by atoms with Gasteiger partial charge in [-0.3, -0.25) is 4.98 Å². The van der Waals surface area contributed by atoms with Crippen LogP contribution in [0.4, 0.5) is 8.28 Å². The molecular weight excluding hydrogens is 351 g/mol. The number of pyridine rings is 1. The molecular formula is C9H4F2INO2S. The molecule has 0 amide bonds. The standard InChI is InChI=1S/C9H4F2INO2S/c10-7-1-2-8(16(11,14)15)6-3-5(12)4-13-9(6)7/h1-4H. The lowest BCUT2D eigenvalue weighted by Gasteiger charge is -2.03. The normalized spacial score (nSPS) is 11.9. The molecule has 0 aliphatic heterocycles. The van der Waals surface area contributed by atoms with Crippen LogP contribution in [0.5, 0.6) is 0 Å². The molecule has 0 aliphatic rings. The van der Waals surface area contributed by atoms with Gasteiger partial charge in [-0.2, -0.15) is 8.42 Å². The van der Waals surface area contributed by atoms with Crippen molar-refractivity contribution in [3.05, 3.63) is 33.8 Å². The first kappa shape index (κ1) is 11.6. The molecule has 0 radical (unpaired) electrons. The Kier molecular flexibility index (Phi) is 2.82. The predicted octanol–water partition coefficient (Wildman–Crippen LogP) is 2.64. The second kappa shape index (κ2) is 3.88. The van der Waals surface area contributed by atoms with Crippen molar-refractivity contribution in [2.24, 2.45) is 0 Å².